The SMILES string of the molecule is CCC(CSC)N(C)Cc1cc(N)cc2c1OCOC2. The molecule has 0 saturated heterocycles. The number of fused-ring (bicyclic) bond motifs is 1. The minimum absolute atomic E-state index is 0.329. The predicted molar refractivity (Wildman–Crippen MR) is 85.1 cm³/mol. The van der Waals surface area contributed by atoms with Gasteiger partial charge in [-0.1, -0.05) is 6.92 Å². The van der Waals surface area contributed by atoms with E-state index in [2.05, 4.69) is 25.1 Å². The quantitative estimate of drug-likeness (QED) is 0.818. The van der Waals surface area contributed by atoms with Crippen LogP contribution in [0.3, 0.4) is 0 Å². The summed E-state index contributed by atoms with van der Waals surface area (Å²) in [5.74, 6) is 2.10. The number of anilines is 1. The largest absolute Gasteiger partial charge is 0.467 e. The van der Waals surface area contributed by atoms with Crippen LogP contribution in [0.1, 0.15) is 24.5 Å². The average molecular weight is 296 g/mol. The summed E-state index contributed by atoms with van der Waals surface area (Å²) in [6, 6.07) is 4.53. The van der Waals surface area contributed by atoms with Gasteiger partial charge in [0.05, 0.1) is 6.61 Å². The molecule has 1 heterocycles. The molecule has 1 aliphatic heterocycles. The first-order valence-corrected chi connectivity index (χ1v) is 8.36. The highest BCUT2D eigenvalue weighted by Gasteiger charge is 2.19. The zero-order valence-electron chi connectivity index (χ0n) is 12.5. The van der Waals surface area contributed by atoms with Crippen LogP contribution in [0.4, 0.5) is 5.69 Å². The van der Waals surface area contributed by atoms with E-state index in [1.165, 1.54) is 0 Å². The lowest BCUT2D eigenvalue weighted by Gasteiger charge is -2.29. The van der Waals surface area contributed by atoms with Gasteiger partial charge >= 0.3 is 0 Å². The van der Waals surface area contributed by atoms with Crippen molar-refractivity contribution in [3.63, 3.8) is 0 Å². The molecule has 1 unspecified atom stereocenters. The Morgan fingerprint density at radius 1 is 1.45 bits per heavy atom. The Morgan fingerprint density at radius 3 is 2.95 bits per heavy atom. The van der Waals surface area contributed by atoms with Crippen molar-refractivity contribution in [2.24, 2.45) is 0 Å². The van der Waals surface area contributed by atoms with Gasteiger partial charge in [0, 0.05) is 35.2 Å². The van der Waals surface area contributed by atoms with E-state index in [0.717, 1.165) is 41.3 Å². The lowest BCUT2D eigenvalue weighted by atomic mass is 10.1. The number of rotatable bonds is 6. The fourth-order valence-electron chi connectivity index (χ4n) is 2.59. The number of nitrogens with two attached hydrogens (primary N) is 1. The van der Waals surface area contributed by atoms with Crippen molar-refractivity contribution in [1.29, 1.82) is 0 Å². The van der Waals surface area contributed by atoms with Gasteiger partial charge in [0.1, 0.15) is 5.75 Å². The molecule has 1 aromatic rings. The zero-order chi connectivity index (χ0) is 14.5. The zero-order valence-corrected chi connectivity index (χ0v) is 13.3. The molecule has 0 saturated carbocycles. The molecule has 2 rings (SSSR count). The van der Waals surface area contributed by atoms with E-state index >= 15 is 0 Å². The second kappa shape index (κ2) is 7.20. The molecule has 4 nitrogen and oxygen atoms in total. The van der Waals surface area contributed by atoms with Crippen LogP contribution >= 0.6 is 11.8 Å². The first kappa shape index (κ1) is 15.5. The van der Waals surface area contributed by atoms with Gasteiger partial charge in [-0.3, -0.25) is 4.90 Å². The smallest absolute Gasteiger partial charge is 0.189 e. The van der Waals surface area contributed by atoms with Crippen LogP contribution in [0, 0.1) is 0 Å². The van der Waals surface area contributed by atoms with Crippen molar-refractivity contribution < 1.29 is 9.47 Å². The maximum absolute atomic E-state index is 5.99. The Labute approximate surface area is 125 Å². The third-order valence-electron chi connectivity index (χ3n) is 3.68. The predicted octanol–water partition coefficient (Wildman–Crippen LogP) is 2.71. The van der Waals surface area contributed by atoms with Crippen LogP contribution in [0.25, 0.3) is 0 Å². The monoisotopic (exact) mass is 296 g/mol. The lowest BCUT2D eigenvalue weighted by Crippen LogP contribution is -2.33. The fourth-order valence-corrected chi connectivity index (χ4v) is 3.47. The highest BCUT2D eigenvalue weighted by molar-refractivity contribution is 7.98. The van der Waals surface area contributed by atoms with E-state index in [1.807, 2.05) is 23.9 Å². The summed E-state index contributed by atoms with van der Waals surface area (Å²) in [4.78, 5) is 2.38. The molecule has 0 bridgehead atoms. The van der Waals surface area contributed by atoms with E-state index in [4.69, 9.17) is 15.2 Å². The number of hydrogen-bond acceptors (Lipinski definition) is 5. The topological polar surface area (TPSA) is 47.7 Å². The van der Waals surface area contributed by atoms with Crippen molar-refractivity contribution in [3.05, 3.63) is 23.3 Å². The van der Waals surface area contributed by atoms with E-state index in [-0.39, 0.29) is 0 Å². The highest BCUT2D eigenvalue weighted by atomic mass is 32.2. The average Bonchev–Trinajstić information content (AvgIpc) is 2.44. The van der Waals surface area contributed by atoms with Crippen LogP contribution in [0.2, 0.25) is 0 Å². The molecule has 0 aromatic heterocycles. The molecule has 1 atom stereocenters. The van der Waals surface area contributed by atoms with Gasteiger partial charge in [0.15, 0.2) is 6.79 Å². The third kappa shape index (κ3) is 3.59. The van der Waals surface area contributed by atoms with Crippen molar-refractivity contribution in [3.8, 4) is 5.75 Å². The van der Waals surface area contributed by atoms with E-state index in [0.29, 0.717) is 19.4 Å². The molecule has 1 aliphatic rings. The van der Waals surface area contributed by atoms with Gasteiger partial charge in [-0.05, 0) is 31.9 Å². The van der Waals surface area contributed by atoms with Crippen molar-refractivity contribution in [2.45, 2.75) is 32.5 Å². The van der Waals surface area contributed by atoms with E-state index in [1.54, 1.807) is 0 Å². The summed E-state index contributed by atoms with van der Waals surface area (Å²) in [6.07, 6.45) is 3.30. The Morgan fingerprint density at radius 2 is 2.25 bits per heavy atom. The molecule has 1 aromatic carbocycles. The van der Waals surface area contributed by atoms with Crippen molar-refractivity contribution in [1.82, 2.24) is 4.90 Å². The van der Waals surface area contributed by atoms with Crippen molar-refractivity contribution in [2.75, 3.05) is 31.6 Å². The maximum atomic E-state index is 5.99. The molecule has 5 heteroatoms. The summed E-state index contributed by atoms with van der Waals surface area (Å²) in [5, 5.41) is 0. The molecular weight excluding hydrogens is 272 g/mol. The van der Waals surface area contributed by atoms with Crippen LogP contribution in [-0.4, -0.2) is 36.8 Å². The Bertz CT molecular complexity index is 454. The minimum atomic E-state index is 0.329. The van der Waals surface area contributed by atoms with Gasteiger partial charge in [0.25, 0.3) is 0 Å². The third-order valence-corrected chi connectivity index (χ3v) is 4.40. The molecule has 0 radical (unpaired) electrons. The van der Waals surface area contributed by atoms with Gasteiger partial charge in [-0.25, -0.2) is 0 Å². The first-order chi connectivity index (χ1) is 9.65. The van der Waals surface area contributed by atoms with E-state index in [9.17, 15) is 0 Å². The van der Waals surface area contributed by atoms with Gasteiger partial charge in [-0.15, -0.1) is 0 Å². The van der Waals surface area contributed by atoms with Crippen LogP contribution < -0.4 is 10.5 Å². The van der Waals surface area contributed by atoms with E-state index < -0.39 is 0 Å². The fraction of sp³-hybridized carbons (Fsp3) is 0.600. The number of hydrogen-bond donors (Lipinski definition) is 1. The van der Waals surface area contributed by atoms with Crippen molar-refractivity contribution >= 4 is 17.4 Å². The molecule has 0 spiro atoms. The summed E-state index contributed by atoms with van der Waals surface area (Å²) in [6.45, 7) is 4.00. The molecular formula is C15H24N2O2S. The molecule has 112 valence electrons. The van der Waals surface area contributed by atoms with Gasteiger partial charge in [-0.2, -0.15) is 11.8 Å². The molecule has 0 amide bonds. The van der Waals surface area contributed by atoms with Gasteiger partial charge < -0.3 is 15.2 Å². The molecule has 0 aliphatic carbocycles. The normalized spacial score (nSPS) is 15.8. The molecule has 0 fully saturated rings. The summed E-state index contributed by atoms with van der Waals surface area (Å²) < 4.78 is 11.0. The van der Waals surface area contributed by atoms with Crippen LogP contribution in [-0.2, 0) is 17.9 Å². The molecule has 20 heavy (non-hydrogen) atoms. The standard InChI is InChI=1S/C15H24N2O2S/c1-4-14(9-20-3)17(2)7-11-5-13(16)6-12-8-18-10-19-15(11)12/h5-6,14H,4,7-10,16H2,1-3H3. The minimum Gasteiger partial charge on any atom is -0.467 e. The Hall–Kier alpha value is -0.910. The van der Waals surface area contributed by atoms with Crippen LogP contribution in [0.5, 0.6) is 5.75 Å². The number of ether oxygens (including phenoxy) is 2. The summed E-state index contributed by atoms with van der Waals surface area (Å²) in [7, 11) is 2.17. The Balaban J connectivity index is 2.18. The second-order valence-corrected chi connectivity index (χ2v) is 6.12. The Kier molecular flexibility index (Phi) is 5.57. The molecule has 2 N–H and O–H groups in total. The summed E-state index contributed by atoms with van der Waals surface area (Å²) >= 11 is 1.89. The number of nitrogen functional groups attached to an aromatic ring is 1. The highest BCUT2D eigenvalue weighted by Crippen LogP contribution is 2.32. The first-order valence-electron chi connectivity index (χ1n) is 6.96. The number of nitrogens with zero attached hydrogens (tertiary/aromatic N) is 1. The summed E-state index contributed by atoms with van der Waals surface area (Å²) in [5.41, 5.74) is 8.98. The second-order valence-electron chi connectivity index (χ2n) is 5.21. The number of benzene rings is 1. The van der Waals surface area contributed by atoms with Gasteiger partial charge in [0.2, 0.25) is 0 Å². The maximum Gasteiger partial charge on any atom is 0.189 e. The lowest BCUT2D eigenvalue weighted by molar-refractivity contribution is -0.0174. The number of thioether (sulfide) groups is 1. The van der Waals surface area contributed by atoms with Crippen LogP contribution in [0.15, 0.2) is 12.1 Å².